The third-order valence-corrected chi connectivity index (χ3v) is 2.15. The van der Waals surface area contributed by atoms with Crippen LogP contribution in [0, 0.1) is 0 Å². The molecule has 1 aromatic rings. The number of anilines is 1. The number of carbonyl (C=O) groups is 1. The minimum atomic E-state index is -0.198. The van der Waals surface area contributed by atoms with E-state index in [1.54, 1.807) is 0 Å². The topological polar surface area (TPSA) is 61.5 Å². The SMILES string of the molecule is COC(=O)CCCOCc1ccc(N)cc1. The molecule has 1 aromatic carbocycles. The summed E-state index contributed by atoms with van der Waals surface area (Å²) >= 11 is 0. The molecule has 0 aromatic heterocycles. The number of benzene rings is 1. The first-order chi connectivity index (χ1) is 7.72. The lowest BCUT2D eigenvalue weighted by molar-refractivity contribution is -0.141. The first kappa shape index (κ1) is 12.5. The molecule has 0 spiro atoms. The standard InChI is InChI=1S/C12H17NO3/c1-15-12(14)3-2-8-16-9-10-4-6-11(13)7-5-10/h4-7H,2-3,8-9,13H2,1H3. The summed E-state index contributed by atoms with van der Waals surface area (Å²) < 4.78 is 9.93. The molecule has 0 aliphatic rings. The maximum absolute atomic E-state index is 10.8. The predicted molar refractivity (Wildman–Crippen MR) is 61.8 cm³/mol. The molecule has 2 N–H and O–H groups in total. The van der Waals surface area contributed by atoms with Gasteiger partial charge in [-0.25, -0.2) is 0 Å². The van der Waals surface area contributed by atoms with Gasteiger partial charge in [0, 0.05) is 18.7 Å². The van der Waals surface area contributed by atoms with Gasteiger partial charge in [0.25, 0.3) is 0 Å². The number of nitrogen functional groups attached to an aromatic ring is 1. The molecule has 0 radical (unpaired) electrons. The van der Waals surface area contributed by atoms with Gasteiger partial charge >= 0.3 is 5.97 Å². The molecule has 16 heavy (non-hydrogen) atoms. The van der Waals surface area contributed by atoms with Crippen molar-refractivity contribution in [3.05, 3.63) is 29.8 Å². The Morgan fingerprint density at radius 3 is 2.62 bits per heavy atom. The number of rotatable bonds is 6. The van der Waals surface area contributed by atoms with Crippen LogP contribution in [-0.2, 0) is 20.9 Å². The van der Waals surface area contributed by atoms with Crippen molar-refractivity contribution in [2.75, 3.05) is 19.5 Å². The molecule has 0 amide bonds. The van der Waals surface area contributed by atoms with Gasteiger partial charge in [-0.3, -0.25) is 4.79 Å². The fraction of sp³-hybridized carbons (Fsp3) is 0.417. The summed E-state index contributed by atoms with van der Waals surface area (Å²) in [6, 6.07) is 7.53. The first-order valence-corrected chi connectivity index (χ1v) is 5.21. The zero-order valence-corrected chi connectivity index (χ0v) is 9.44. The van der Waals surface area contributed by atoms with Crippen molar-refractivity contribution >= 4 is 11.7 Å². The lowest BCUT2D eigenvalue weighted by Crippen LogP contribution is -2.03. The van der Waals surface area contributed by atoms with Gasteiger partial charge in [0.1, 0.15) is 0 Å². The van der Waals surface area contributed by atoms with Crippen molar-refractivity contribution in [2.45, 2.75) is 19.4 Å². The highest BCUT2D eigenvalue weighted by atomic mass is 16.5. The van der Waals surface area contributed by atoms with Gasteiger partial charge in [-0.15, -0.1) is 0 Å². The molecule has 0 fully saturated rings. The van der Waals surface area contributed by atoms with Crippen LogP contribution in [0.5, 0.6) is 0 Å². The minimum Gasteiger partial charge on any atom is -0.469 e. The van der Waals surface area contributed by atoms with Gasteiger partial charge in [0.05, 0.1) is 13.7 Å². The normalized spacial score (nSPS) is 10.1. The van der Waals surface area contributed by atoms with E-state index in [4.69, 9.17) is 10.5 Å². The van der Waals surface area contributed by atoms with E-state index in [9.17, 15) is 4.79 Å². The number of ether oxygens (including phenoxy) is 2. The summed E-state index contributed by atoms with van der Waals surface area (Å²) in [4.78, 5) is 10.8. The average Bonchev–Trinajstić information content (AvgIpc) is 2.31. The summed E-state index contributed by atoms with van der Waals surface area (Å²) in [6.07, 6.45) is 1.08. The summed E-state index contributed by atoms with van der Waals surface area (Å²) in [5.74, 6) is -0.198. The molecular formula is C12H17NO3. The van der Waals surface area contributed by atoms with E-state index in [2.05, 4.69) is 4.74 Å². The summed E-state index contributed by atoms with van der Waals surface area (Å²) in [6.45, 7) is 1.10. The molecule has 4 heteroatoms. The summed E-state index contributed by atoms with van der Waals surface area (Å²) in [5, 5.41) is 0. The highest BCUT2D eigenvalue weighted by Crippen LogP contribution is 2.06. The van der Waals surface area contributed by atoms with E-state index in [-0.39, 0.29) is 5.97 Å². The molecule has 0 bridgehead atoms. The summed E-state index contributed by atoms with van der Waals surface area (Å²) in [5.41, 5.74) is 7.38. The number of esters is 1. The van der Waals surface area contributed by atoms with Gasteiger partial charge in [-0.2, -0.15) is 0 Å². The van der Waals surface area contributed by atoms with Crippen LogP contribution in [-0.4, -0.2) is 19.7 Å². The van der Waals surface area contributed by atoms with Gasteiger partial charge in [0.2, 0.25) is 0 Å². The van der Waals surface area contributed by atoms with E-state index in [1.807, 2.05) is 24.3 Å². The Kier molecular flexibility index (Phi) is 5.36. The van der Waals surface area contributed by atoms with Crippen molar-refractivity contribution in [3.8, 4) is 0 Å². The molecule has 0 aliphatic carbocycles. The van der Waals surface area contributed by atoms with Crippen LogP contribution in [0.25, 0.3) is 0 Å². The van der Waals surface area contributed by atoms with Crippen LogP contribution < -0.4 is 5.73 Å². The molecule has 1 rings (SSSR count). The van der Waals surface area contributed by atoms with E-state index in [0.717, 1.165) is 11.3 Å². The van der Waals surface area contributed by atoms with Gasteiger partial charge in [-0.1, -0.05) is 12.1 Å². The molecule has 4 nitrogen and oxygen atoms in total. The fourth-order valence-corrected chi connectivity index (χ4v) is 1.22. The molecule has 0 atom stereocenters. The average molecular weight is 223 g/mol. The Morgan fingerprint density at radius 2 is 2.00 bits per heavy atom. The van der Waals surface area contributed by atoms with Crippen molar-refractivity contribution in [3.63, 3.8) is 0 Å². The predicted octanol–water partition coefficient (Wildman–Crippen LogP) is 1.74. The number of hydrogen-bond acceptors (Lipinski definition) is 4. The van der Waals surface area contributed by atoms with Gasteiger partial charge in [-0.05, 0) is 24.1 Å². The smallest absolute Gasteiger partial charge is 0.305 e. The highest BCUT2D eigenvalue weighted by Gasteiger charge is 1.99. The van der Waals surface area contributed by atoms with E-state index >= 15 is 0 Å². The molecule has 0 saturated heterocycles. The maximum Gasteiger partial charge on any atom is 0.305 e. The van der Waals surface area contributed by atoms with Gasteiger partial charge in [0.15, 0.2) is 0 Å². The van der Waals surface area contributed by atoms with Crippen molar-refractivity contribution in [1.82, 2.24) is 0 Å². The molecule has 88 valence electrons. The minimum absolute atomic E-state index is 0.198. The lowest BCUT2D eigenvalue weighted by atomic mass is 10.2. The number of nitrogens with two attached hydrogens (primary N) is 1. The molecule has 0 heterocycles. The second-order valence-electron chi connectivity index (χ2n) is 3.47. The zero-order chi connectivity index (χ0) is 11.8. The molecular weight excluding hydrogens is 206 g/mol. The number of methoxy groups -OCH3 is 1. The third-order valence-electron chi connectivity index (χ3n) is 2.15. The monoisotopic (exact) mass is 223 g/mol. The molecule has 0 saturated carbocycles. The second-order valence-corrected chi connectivity index (χ2v) is 3.47. The number of hydrogen-bond donors (Lipinski definition) is 1. The Morgan fingerprint density at radius 1 is 1.31 bits per heavy atom. The van der Waals surface area contributed by atoms with Crippen LogP contribution >= 0.6 is 0 Å². The Labute approximate surface area is 95.3 Å². The van der Waals surface area contributed by atoms with E-state index in [1.165, 1.54) is 7.11 Å². The molecule has 0 aliphatic heterocycles. The van der Waals surface area contributed by atoms with Crippen LogP contribution in [0.4, 0.5) is 5.69 Å². The molecule has 0 unspecified atom stereocenters. The highest BCUT2D eigenvalue weighted by molar-refractivity contribution is 5.68. The van der Waals surface area contributed by atoms with Crippen LogP contribution in [0.3, 0.4) is 0 Å². The van der Waals surface area contributed by atoms with Crippen molar-refractivity contribution < 1.29 is 14.3 Å². The van der Waals surface area contributed by atoms with Crippen molar-refractivity contribution in [2.24, 2.45) is 0 Å². The van der Waals surface area contributed by atoms with Gasteiger partial charge < -0.3 is 15.2 Å². The van der Waals surface area contributed by atoms with E-state index < -0.39 is 0 Å². The van der Waals surface area contributed by atoms with E-state index in [0.29, 0.717) is 26.1 Å². The Balaban J connectivity index is 2.11. The Bertz CT molecular complexity index is 322. The first-order valence-electron chi connectivity index (χ1n) is 5.21. The second kappa shape index (κ2) is 6.85. The van der Waals surface area contributed by atoms with Crippen LogP contribution in [0.15, 0.2) is 24.3 Å². The zero-order valence-electron chi connectivity index (χ0n) is 9.44. The summed E-state index contributed by atoms with van der Waals surface area (Å²) in [7, 11) is 1.39. The van der Waals surface area contributed by atoms with Crippen LogP contribution in [0.2, 0.25) is 0 Å². The van der Waals surface area contributed by atoms with Crippen molar-refractivity contribution in [1.29, 1.82) is 0 Å². The largest absolute Gasteiger partial charge is 0.469 e. The third kappa shape index (κ3) is 4.79. The quantitative estimate of drug-likeness (QED) is 0.453. The van der Waals surface area contributed by atoms with Crippen LogP contribution in [0.1, 0.15) is 18.4 Å². The Hall–Kier alpha value is -1.55. The maximum atomic E-state index is 10.8. The lowest BCUT2D eigenvalue weighted by Gasteiger charge is -2.04. The fourth-order valence-electron chi connectivity index (χ4n) is 1.22. The number of carbonyl (C=O) groups excluding carboxylic acids is 1.